The van der Waals surface area contributed by atoms with E-state index in [1.807, 2.05) is 0 Å². The third kappa shape index (κ3) is 4.28. The highest BCUT2D eigenvalue weighted by molar-refractivity contribution is 5.99. The van der Waals surface area contributed by atoms with E-state index in [1.54, 1.807) is 42.2 Å². The quantitative estimate of drug-likeness (QED) is 0.451. The molecule has 0 saturated carbocycles. The smallest absolute Gasteiger partial charge is 0.252 e. The molecule has 1 saturated heterocycles. The van der Waals surface area contributed by atoms with Crippen molar-refractivity contribution in [3.05, 3.63) is 76.6 Å². The molecule has 1 aliphatic heterocycles. The molecule has 0 unspecified atom stereocenters. The molecule has 1 aromatic heterocycles. The van der Waals surface area contributed by atoms with Gasteiger partial charge >= 0.3 is 0 Å². The predicted octanol–water partition coefficient (Wildman–Crippen LogP) is 3.87. The van der Waals surface area contributed by atoms with Crippen molar-refractivity contribution in [2.75, 3.05) is 13.7 Å². The van der Waals surface area contributed by atoms with Crippen LogP contribution in [0.4, 0.5) is 13.2 Å². The second kappa shape index (κ2) is 8.94. The maximum absolute atomic E-state index is 13.8. The number of rotatable bonds is 5. The third-order valence-electron chi connectivity index (χ3n) is 5.80. The molecule has 1 amide bonds. The van der Waals surface area contributed by atoms with Crippen LogP contribution in [0.25, 0.3) is 11.8 Å². The summed E-state index contributed by atoms with van der Waals surface area (Å²) in [7, 11) is 1.52. The van der Waals surface area contributed by atoms with Gasteiger partial charge in [-0.1, -0.05) is 6.07 Å². The van der Waals surface area contributed by atoms with Crippen LogP contribution < -0.4 is 4.74 Å². The highest BCUT2D eigenvalue weighted by Crippen LogP contribution is 2.34. The summed E-state index contributed by atoms with van der Waals surface area (Å²) < 4.78 is 48.0. The van der Waals surface area contributed by atoms with E-state index in [4.69, 9.17) is 4.74 Å². The van der Waals surface area contributed by atoms with E-state index < -0.39 is 29.1 Å². The Morgan fingerprint density at radius 2 is 1.88 bits per heavy atom. The molecule has 1 N–H and O–H groups in total. The summed E-state index contributed by atoms with van der Waals surface area (Å²) in [5.41, 5.74) is -0.543. The lowest BCUT2D eigenvalue weighted by atomic mass is 9.95. The zero-order valence-electron chi connectivity index (χ0n) is 18.8. The Labute approximate surface area is 194 Å². The average molecular weight is 472 g/mol. The molecule has 2 heterocycles. The van der Waals surface area contributed by atoms with E-state index in [2.05, 4.69) is 10.1 Å². The molecule has 3 aromatic rings. The number of carbonyl (C=O) groups excluding carboxylic acids is 1. The Balaban J connectivity index is 1.65. The van der Waals surface area contributed by atoms with E-state index >= 15 is 0 Å². The number of piperidine rings is 1. The standard InChI is InChI=1S/C24H23F3N4O3/c1-14-28-13-31(29-14)20-7-6-15(10-21(20)34-3)9-16-5-4-8-30(23(16)32)24(2,33)17-11-18(25)22(27)19(26)12-17/h6-7,9-13,33H,4-5,8H2,1-3H3/b16-9+/t24-/m1/s1. The topological polar surface area (TPSA) is 80.5 Å². The lowest BCUT2D eigenvalue weighted by molar-refractivity contribution is -0.157. The molecule has 1 atom stereocenters. The highest BCUT2D eigenvalue weighted by atomic mass is 19.2. The van der Waals surface area contributed by atoms with Crippen molar-refractivity contribution in [3.8, 4) is 11.4 Å². The number of aryl methyl sites for hydroxylation is 1. The van der Waals surface area contributed by atoms with Crippen LogP contribution in [0.3, 0.4) is 0 Å². The maximum atomic E-state index is 13.8. The first-order valence-corrected chi connectivity index (χ1v) is 10.6. The van der Waals surface area contributed by atoms with Gasteiger partial charge in [-0.05, 0) is 62.6 Å². The normalized spacial score (nSPS) is 17.2. The Morgan fingerprint density at radius 1 is 1.18 bits per heavy atom. The predicted molar refractivity (Wildman–Crippen MR) is 117 cm³/mol. The molecule has 1 fully saturated rings. The Morgan fingerprint density at radius 3 is 2.50 bits per heavy atom. The second-order valence-electron chi connectivity index (χ2n) is 8.17. The van der Waals surface area contributed by atoms with Gasteiger partial charge in [-0.15, -0.1) is 0 Å². The van der Waals surface area contributed by atoms with E-state index in [-0.39, 0.29) is 12.1 Å². The summed E-state index contributed by atoms with van der Waals surface area (Å²) in [5.74, 6) is -3.88. The summed E-state index contributed by atoms with van der Waals surface area (Å²) in [4.78, 5) is 18.4. The van der Waals surface area contributed by atoms with Gasteiger partial charge in [0.05, 0.1) is 7.11 Å². The third-order valence-corrected chi connectivity index (χ3v) is 5.80. The van der Waals surface area contributed by atoms with Crippen molar-refractivity contribution in [1.29, 1.82) is 0 Å². The van der Waals surface area contributed by atoms with Crippen molar-refractivity contribution in [1.82, 2.24) is 19.7 Å². The van der Waals surface area contributed by atoms with Crippen LogP contribution in [0.5, 0.6) is 5.75 Å². The monoisotopic (exact) mass is 472 g/mol. The molecule has 0 aliphatic carbocycles. The Bertz CT molecular complexity index is 1260. The first kappa shape index (κ1) is 23.5. The Hall–Kier alpha value is -3.66. The van der Waals surface area contributed by atoms with E-state index in [9.17, 15) is 23.1 Å². The molecule has 4 rings (SSSR count). The number of aliphatic hydroxyl groups is 1. The van der Waals surface area contributed by atoms with E-state index in [0.717, 1.165) is 4.90 Å². The molecule has 34 heavy (non-hydrogen) atoms. The number of amides is 1. The fraction of sp³-hybridized carbons (Fsp3) is 0.292. The molecule has 2 aromatic carbocycles. The number of likely N-dealkylation sites (tertiary alicyclic amines) is 1. The van der Waals surface area contributed by atoms with Crippen LogP contribution in [-0.4, -0.2) is 44.3 Å². The molecule has 0 radical (unpaired) electrons. The molecule has 10 heteroatoms. The van der Waals surface area contributed by atoms with Crippen molar-refractivity contribution in [2.45, 2.75) is 32.4 Å². The fourth-order valence-corrected chi connectivity index (χ4v) is 3.98. The number of carbonyl (C=O) groups is 1. The maximum Gasteiger partial charge on any atom is 0.252 e. The van der Waals surface area contributed by atoms with Gasteiger partial charge in [-0.2, -0.15) is 5.10 Å². The number of hydrogen-bond acceptors (Lipinski definition) is 5. The molecular formula is C24H23F3N4O3. The van der Waals surface area contributed by atoms with Gasteiger partial charge in [-0.25, -0.2) is 22.8 Å². The van der Waals surface area contributed by atoms with Gasteiger partial charge in [0.25, 0.3) is 5.91 Å². The summed E-state index contributed by atoms with van der Waals surface area (Å²) in [6, 6.07) is 6.70. The lowest BCUT2D eigenvalue weighted by Gasteiger charge is -2.40. The zero-order chi connectivity index (χ0) is 24.6. The summed E-state index contributed by atoms with van der Waals surface area (Å²) in [5, 5.41) is 15.3. The largest absolute Gasteiger partial charge is 0.494 e. The lowest BCUT2D eigenvalue weighted by Crippen LogP contribution is -2.50. The van der Waals surface area contributed by atoms with E-state index in [1.165, 1.54) is 14.0 Å². The van der Waals surface area contributed by atoms with Crippen LogP contribution in [-0.2, 0) is 10.5 Å². The molecule has 178 valence electrons. The van der Waals surface area contributed by atoms with Crippen LogP contribution in [0.15, 0.2) is 42.2 Å². The number of benzene rings is 2. The fourth-order valence-electron chi connectivity index (χ4n) is 3.98. The first-order chi connectivity index (χ1) is 16.1. The van der Waals surface area contributed by atoms with Gasteiger partial charge < -0.3 is 14.7 Å². The highest BCUT2D eigenvalue weighted by Gasteiger charge is 2.39. The Kier molecular flexibility index (Phi) is 6.18. The summed E-state index contributed by atoms with van der Waals surface area (Å²) in [6.45, 7) is 3.18. The van der Waals surface area contributed by atoms with Crippen LogP contribution >= 0.6 is 0 Å². The first-order valence-electron chi connectivity index (χ1n) is 10.6. The van der Waals surface area contributed by atoms with Crippen molar-refractivity contribution < 1.29 is 27.8 Å². The minimum Gasteiger partial charge on any atom is -0.494 e. The molecular weight excluding hydrogens is 449 g/mol. The van der Waals surface area contributed by atoms with Gasteiger partial charge in [0, 0.05) is 17.7 Å². The number of methoxy groups -OCH3 is 1. The molecule has 0 spiro atoms. The van der Waals surface area contributed by atoms with Crippen molar-refractivity contribution >= 4 is 12.0 Å². The molecule has 0 bridgehead atoms. The van der Waals surface area contributed by atoms with Crippen molar-refractivity contribution in [2.24, 2.45) is 0 Å². The number of hydrogen-bond donors (Lipinski definition) is 1. The minimum absolute atomic E-state index is 0.164. The molecule has 1 aliphatic rings. The zero-order valence-corrected chi connectivity index (χ0v) is 18.8. The minimum atomic E-state index is -2.04. The van der Waals surface area contributed by atoms with Crippen molar-refractivity contribution in [3.63, 3.8) is 0 Å². The summed E-state index contributed by atoms with van der Waals surface area (Å²) >= 11 is 0. The number of ether oxygens (including phenoxy) is 1. The van der Waals surface area contributed by atoms with Gasteiger partial charge in [-0.3, -0.25) is 4.79 Å². The van der Waals surface area contributed by atoms with Gasteiger partial charge in [0.1, 0.15) is 23.6 Å². The van der Waals surface area contributed by atoms with Crippen LogP contribution in [0.2, 0.25) is 0 Å². The van der Waals surface area contributed by atoms with Gasteiger partial charge in [0.2, 0.25) is 0 Å². The molecule has 7 nitrogen and oxygen atoms in total. The van der Waals surface area contributed by atoms with Gasteiger partial charge in [0.15, 0.2) is 23.2 Å². The van der Waals surface area contributed by atoms with E-state index in [0.29, 0.717) is 53.4 Å². The summed E-state index contributed by atoms with van der Waals surface area (Å²) in [6.07, 6.45) is 4.21. The van der Waals surface area contributed by atoms with Crippen LogP contribution in [0.1, 0.15) is 36.7 Å². The number of halogens is 3. The average Bonchev–Trinajstić information content (AvgIpc) is 3.24. The number of nitrogens with zero attached hydrogens (tertiary/aromatic N) is 4. The van der Waals surface area contributed by atoms with Crippen LogP contribution in [0, 0.1) is 24.4 Å². The second-order valence-corrected chi connectivity index (χ2v) is 8.17. The SMILES string of the molecule is COc1cc(/C=C2\CCCN([C@](C)(O)c3cc(F)c(F)c(F)c3)C2=O)ccc1-n1cnc(C)n1. The number of aromatic nitrogens is 3.